The fourth-order valence-electron chi connectivity index (χ4n) is 2.45. The molecule has 0 heteroatoms. The normalized spacial score (nSPS) is 16.2. The molecule has 0 saturated heterocycles. The highest BCUT2D eigenvalue weighted by Crippen LogP contribution is 2.22. The number of unbranched alkanes of at least 4 members (excludes halogenated alkanes) is 7. The molecular weight excluding hydrogens is 192 g/mol. The molecule has 0 aromatic carbocycles. The van der Waals surface area contributed by atoms with Crippen LogP contribution in [0.3, 0.4) is 0 Å². The van der Waals surface area contributed by atoms with Gasteiger partial charge in [0.25, 0.3) is 0 Å². The van der Waals surface area contributed by atoms with Crippen molar-refractivity contribution in [3.8, 4) is 0 Å². The van der Waals surface area contributed by atoms with E-state index in [1.165, 1.54) is 77.0 Å². The van der Waals surface area contributed by atoms with Crippen molar-refractivity contribution < 1.29 is 0 Å². The molecule has 1 radical (unpaired) electrons. The van der Waals surface area contributed by atoms with E-state index in [-0.39, 0.29) is 0 Å². The van der Waals surface area contributed by atoms with Crippen LogP contribution < -0.4 is 0 Å². The molecule has 0 aromatic rings. The van der Waals surface area contributed by atoms with E-state index in [0.717, 1.165) is 0 Å². The van der Waals surface area contributed by atoms with E-state index >= 15 is 0 Å². The minimum absolute atomic E-state index is 1.27. The maximum absolute atomic E-state index is 2.51. The second-order valence-corrected chi connectivity index (χ2v) is 5.16. The number of hydrogen-bond acceptors (Lipinski definition) is 0. The van der Waals surface area contributed by atoms with Gasteiger partial charge in [-0.1, -0.05) is 57.1 Å². The van der Waals surface area contributed by atoms with E-state index in [1.807, 2.05) is 0 Å². The van der Waals surface area contributed by atoms with Gasteiger partial charge in [-0.2, -0.15) is 0 Å². The lowest BCUT2D eigenvalue weighted by Gasteiger charge is -2.11. The van der Waals surface area contributed by atoms with Crippen LogP contribution in [0.2, 0.25) is 0 Å². The molecular formula is C16H29. The molecule has 0 amide bonds. The third-order valence-electron chi connectivity index (χ3n) is 3.55. The van der Waals surface area contributed by atoms with Crippen LogP contribution in [0.25, 0.3) is 0 Å². The molecule has 0 aliphatic heterocycles. The summed E-state index contributed by atoms with van der Waals surface area (Å²) < 4.78 is 0. The lowest BCUT2D eigenvalue weighted by molar-refractivity contribution is 0.600. The van der Waals surface area contributed by atoms with Crippen LogP contribution in [0.4, 0.5) is 0 Å². The van der Waals surface area contributed by atoms with E-state index in [0.29, 0.717) is 0 Å². The van der Waals surface area contributed by atoms with Crippen molar-refractivity contribution in [2.24, 2.45) is 0 Å². The predicted molar refractivity (Wildman–Crippen MR) is 73.5 cm³/mol. The lowest BCUT2D eigenvalue weighted by Crippen LogP contribution is -1.92. The van der Waals surface area contributed by atoms with E-state index in [9.17, 15) is 0 Å². The molecule has 93 valence electrons. The summed E-state index contributed by atoms with van der Waals surface area (Å²) in [5.74, 6) is 0. The van der Waals surface area contributed by atoms with Crippen molar-refractivity contribution in [1.82, 2.24) is 0 Å². The van der Waals surface area contributed by atoms with Crippen molar-refractivity contribution in [2.45, 2.75) is 84.0 Å². The molecule has 0 aromatic heterocycles. The molecule has 0 spiro atoms. The Morgan fingerprint density at radius 3 is 2.62 bits per heavy atom. The van der Waals surface area contributed by atoms with Gasteiger partial charge in [-0.25, -0.2) is 0 Å². The fraction of sp³-hybridized carbons (Fsp3) is 0.812. The molecule has 1 aliphatic carbocycles. The molecule has 16 heavy (non-hydrogen) atoms. The first kappa shape index (κ1) is 13.8. The molecule has 1 aliphatic rings. The Bertz CT molecular complexity index is 178. The standard InChI is InChI=1S/C16H29/c1-2-3-4-5-6-7-8-10-13-16-14-11-9-12-15-16/h10,14H,2-9,11-13,15H2,1H3. The molecule has 0 bridgehead atoms. The van der Waals surface area contributed by atoms with E-state index < -0.39 is 0 Å². The molecule has 0 unspecified atom stereocenters. The summed E-state index contributed by atoms with van der Waals surface area (Å²) in [4.78, 5) is 0. The molecule has 0 saturated carbocycles. The minimum Gasteiger partial charge on any atom is -0.0853 e. The summed E-state index contributed by atoms with van der Waals surface area (Å²) in [7, 11) is 0. The van der Waals surface area contributed by atoms with Gasteiger partial charge in [-0.05, 0) is 44.9 Å². The molecule has 0 heterocycles. The topological polar surface area (TPSA) is 0 Å². The third-order valence-corrected chi connectivity index (χ3v) is 3.55. The minimum atomic E-state index is 1.27. The molecule has 0 atom stereocenters. The zero-order valence-corrected chi connectivity index (χ0v) is 11.1. The Labute approximate surface area is 103 Å². The number of allylic oxidation sites excluding steroid dienone is 2. The molecule has 0 fully saturated rings. The lowest BCUT2D eigenvalue weighted by atomic mass is 9.95. The summed E-state index contributed by atoms with van der Waals surface area (Å²) in [5.41, 5.74) is 1.71. The molecule has 0 N–H and O–H groups in total. The Morgan fingerprint density at radius 2 is 1.88 bits per heavy atom. The summed E-state index contributed by atoms with van der Waals surface area (Å²) in [5, 5.41) is 0. The van der Waals surface area contributed by atoms with Crippen molar-refractivity contribution in [3.63, 3.8) is 0 Å². The zero-order chi connectivity index (χ0) is 11.5. The number of rotatable bonds is 9. The van der Waals surface area contributed by atoms with Crippen LogP contribution in [0.15, 0.2) is 11.6 Å². The summed E-state index contributed by atoms with van der Waals surface area (Å²) in [6.07, 6.45) is 21.7. The maximum Gasteiger partial charge on any atom is -0.0289 e. The first-order chi connectivity index (χ1) is 7.93. The van der Waals surface area contributed by atoms with Crippen molar-refractivity contribution in [1.29, 1.82) is 0 Å². The molecule has 1 rings (SSSR count). The monoisotopic (exact) mass is 221 g/mol. The highest BCUT2D eigenvalue weighted by Gasteiger charge is 2.02. The van der Waals surface area contributed by atoms with Gasteiger partial charge in [-0.15, -0.1) is 0 Å². The van der Waals surface area contributed by atoms with Gasteiger partial charge in [0.2, 0.25) is 0 Å². The maximum atomic E-state index is 2.51. The quantitative estimate of drug-likeness (QED) is 0.339. The van der Waals surface area contributed by atoms with Gasteiger partial charge in [0.1, 0.15) is 0 Å². The number of hydrogen-bond donors (Lipinski definition) is 0. The first-order valence-electron chi connectivity index (χ1n) is 7.43. The van der Waals surface area contributed by atoms with E-state index in [1.54, 1.807) is 5.57 Å². The SMILES string of the molecule is CCCCCCCC[CH]CC1=CCCCC1. The average Bonchev–Trinajstić information content (AvgIpc) is 2.34. The highest BCUT2D eigenvalue weighted by molar-refractivity contribution is 5.07. The average molecular weight is 221 g/mol. The van der Waals surface area contributed by atoms with Crippen molar-refractivity contribution >= 4 is 0 Å². The Morgan fingerprint density at radius 1 is 1.06 bits per heavy atom. The zero-order valence-electron chi connectivity index (χ0n) is 11.1. The Hall–Kier alpha value is -0.260. The van der Waals surface area contributed by atoms with Gasteiger partial charge < -0.3 is 0 Å². The summed E-state index contributed by atoms with van der Waals surface area (Å²) in [6, 6.07) is 0. The van der Waals surface area contributed by atoms with Crippen LogP contribution in [-0.2, 0) is 0 Å². The molecule has 0 nitrogen and oxygen atoms in total. The predicted octanol–water partition coefficient (Wildman–Crippen LogP) is 5.83. The summed E-state index contributed by atoms with van der Waals surface area (Å²) >= 11 is 0. The van der Waals surface area contributed by atoms with Crippen LogP contribution in [0, 0.1) is 6.42 Å². The fourth-order valence-corrected chi connectivity index (χ4v) is 2.45. The summed E-state index contributed by atoms with van der Waals surface area (Å²) in [6.45, 7) is 2.28. The van der Waals surface area contributed by atoms with E-state index in [2.05, 4.69) is 19.4 Å². The van der Waals surface area contributed by atoms with Gasteiger partial charge in [0.05, 0.1) is 0 Å². The van der Waals surface area contributed by atoms with Crippen LogP contribution >= 0.6 is 0 Å². The second-order valence-electron chi connectivity index (χ2n) is 5.16. The van der Waals surface area contributed by atoms with Gasteiger partial charge in [-0.3, -0.25) is 0 Å². The first-order valence-corrected chi connectivity index (χ1v) is 7.43. The van der Waals surface area contributed by atoms with E-state index in [4.69, 9.17) is 0 Å². The largest absolute Gasteiger partial charge is 0.0853 e. The Balaban J connectivity index is 1.82. The van der Waals surface area contributed by atoms with Crippen molar-refractivity contribution in [3.05, 3.63) is 18.1 Å². The second kappa shape index (κ2) is 9.93. The Kier molecular flexibility index (Phi) is 8.57. The van der Waals surface area contributed by atoms with Gasteiger partial charge in [0.15, 0.2) is 0 Å². The van der Waals surface area contributed by atoms with Gasteiger partial charge in [0, 0.05) is 0 Å². The van der Waals surface area contributed by atoms with Crippen LogP contribution in [-0.4, -0.2) is 0 Å². The van der Waals surface area contributed by atoms with Crippen LogP contribution in [0.5, 0.6) is 0 Å². The van der Waals surface area contributed by atoms with Gasteiger partial charge >= 0.3 is 0 Å². The smallest absolute Gasteiger partial charge is 0.0289 e. The van der Waals surface area contributed by atoms with Crippen LogP contribution in [0.1, 0.15) is 84.0 Å². The van der Waals surface area contributed by atoms with Crippen molar-refractivity contribution in [2.75, 3.05) is 0 Å². The highest BCUT2D eigenvalue weighted by atomic mass is 14.1. The third kappa shape index (κ3) is 7.09.